The van der Waals surface area contributed by atoms with Gasteiger partial charge < -0.3 is 0 Å². The molecule has 80 valence electrons. The van der Waals surface area contributed by atoms with Crippen molar-refractivity contribution in [2.75, 3.05) is 0 Å². The van der Waals surface area contributed by atoms with Gasteiger partial charge in [-0.2, -0.15) is 5.26 Å². The highest BCUT2D eigenvalue weighted by molar-refractivity contribution is 5.30. The second kappa shape index (κ2) is 6.31. The Morgan fingerprint density at radius 1 is 0.812 bits per heavy atom. The molecule has 2 rings (SSSR count). The minimum Gasteiger partial charge on any atom is -0.204 e. The fourth-order valence-electron chi connectivity index (χ4n) is 0.975. The van der Waals surface area contributed by atoms with E-state index in [1.807, 2.05) is 36.4 Å². The van der Waals surface area contributed by atoms with E-state index in [4.69, 9.17) is 5.26 Å². The van der Waals surface area contributed by atoms with Crippen molar-refractivity contribution in [2.24, 2.45) is 0 Å². The number of hydrogen-bond donors (Lipinski definition) is 0. The highest BCUT2D eigenvalue weighted by Crippen LogP contribution is 2.08. The van der Waals surface area contributed by atoms with E-state index in [0.29, 0.717) is 0 Å². The SMILES string of the molecule is N#Cc1cccc(F)c1F.c1ccccc1. The third-order valence-electron chi connectivity index (χ3n) is 1.74. The molecule has 0 unspecified atom stereocenters. The van der Waals surface area contributed by atoms with Crippen LogP contribution in [0.1, 0.15) is 5.56 Å². The summed E-state index contributed by atoms with van der Waals surface area (Å²) in [4.78, 5) is 0. The van der Waals surface area contributed by atoms with Crippen molar-refractivity contribution in [2.45, 2.75) is 0 Å². The third kappa shape index (κ3) is 3.50. The molecule has 0 spiro atoms. The average Bonchev–Trinajstić information content (AvgIpc) is 2.36. The molecule has 0 aromatic heterocycles. The molecule has 0 fully saturated rings. The zero-order valence-electron chi connectivity index (χ0n) is 8.40. The molecule has 2 aromatic carbocycles. The molecule has 0 aliphatic carbocycles. The molecular formula is C13H9F2N. The Hall–Kier alpha value is -2.21. The van der Waals surface area contributed by atoms with Crippen molar-refractivity contribution in [3.63, 3.8) is 0 Å². The van der Waals surface area contributed by atoms with Crippen LogP contribution in [0.2, 0.25) is 0 Å². The predicted molar refractivity (Wildman–Crippen MR) is 57.5 cm³/mol. The minimum atomic E-state index is -1.08. The Bertz CT molecular complexity index is 448. The number of halogens is 2. The molecule has 16 heavy (non-hydrogen) atoms. The van der Waals surface area contributed by atoms with Crippen molar-refractivity contribution in [1.82, 2.24) is 0 Å². The summed E-state index contributed by atoms with van der Waals surface area (Å²) in [6, 6.07) is 17.0. The van der Waals surface area contributed by atoms with E-state index in [9.17, 15) is 8.78 Å². The Morgan fingerprint density at radius 3 is 1.69 bits per heavy atom. The van der Waals surface area contributed by atoms with Crippen LogP contribution in [-0.4, -0.2) is 0 Å². The van der Waals surface area contributed by atoms with Gasteiger partial charge in [-0.3, -0.25) is 0 Å². The zero-order chi connectivity index (χ0) is 11.8. The van der Waals surface area contributed by atoms with Gasteiger partial charge >= 0.3 is 0 Å². The van der Waals surface area contributed by atoms with Crippen LogP contribution in [0.4, 0.5) is 8.78 Å². The lowest BCUT2D eigenvalue weighted by molar-refractivity contribution is 0.506. The maximum absolute atomic E-state index is 12.4. The van der Waals surface area contributed by atoms with Crippen molar-refractivity contribution in [1.29, 1.82) is 5.26 Å². The van der Waals surface area contributed by atoms with Gasteiger partial charge in [0, 0.05) is 0 Å². The number of benzene rings is 2. The van der Waals surface area contributed by atoms with E-state index in [-0.39, 0.29) is 5.56 Å². The van der Waals surface area contributed by atoms with Crippen molar-refractivity contribution in [3.05, 3.63) is 71.8 Å². The first-order valence-corrected chi connectivity index (χ1v) is 4.60. The van der Waals surface area contributed by atoms with Gasteiger partial charge in [-0.25, -0.2) is 8.78 Å². The molecule has 3 heteroatoms. The smallest absolute Gasteiger partial charge is 0.176 e. The molecule has 0 amide bonds. The lowest BCUT2D eigenvalue weighted by Crippen LogP contribution is -1.87. The molecule has 0 aliphatic rings. The summed E-state index contributed by atoms with van der Waals surface area (Å²) >= 11 is 0. The van der Waals surface area contributed by atoms with E-state index >= 15 is 0 Å². The topological polar surface area (TPSA) is 23.8 Å². The summed E-state index contributed by atoms with van der Waals surface area (Å²) < 4.78 is 24.6. The van der Waals surface area contributed by atoms with Crippen LogP contribution in [0, 0.1) is 23.0 Å². The largest absolute Gasteiger partial charge is 0.204 e. The van der Waals surface area contributed by atoms with Crippen molar-refractivity contribution >= 4 is 0 Å². The first-order valence-electron chi connectivity index (χ1n) is 4.60. The third-order valence-corrected chi connectivity index (χ3v) is 1.74. The van der Waals surface area contributed by atoms with Crippen LogP contribution in [0.15, 0.2) is 54.6 Å². The minimum absolute atomic E-state index is 0.264. The van der Waals surface area contributed by atoms with Crippen LogP contribution >= 0.6 is 0 Å². The highest BCUT2D eigenvalue weighted by atomic mass is 19.2. The summed E-state index contributed by atoms with van der Waals surface area (Å²) in [5.74, 6) is -2.07. The highest BCUT2D eigenvalue weighted by Gasteiger charge is 2.04. The van der Waals surface area contributed by atoms with Crippen LogP contribution in [0.25, 0.3) is 0 Å². The molecule has 0 N–H and O–H groups in total. The molecule has 2 aromatic rings. The Kier molecular flexibility index (Phi) is 4.68. The van der Waals surface area contributed by atoms with Gasteiger partial charge in [0.2, 0.25) is 0 Å². The van der Waals surface area contributed by atoms with E-state index in [2.05, 4.69) is 0 Å². The fraction of sp³-hybridized carbons (Fsp3) is 0. The van der Waals surface area contributed by atoms with Crippen molar-refractivity contribution in [3.8, 4) is 6.07 Å². The second-order valence-corrected chi connectivity index (χ2v) is 2.87. The molecular weight excluding hydrogens is 208 g/mol. The summed E-state index contributed by atoms with van der Waals surface area (Å²) in [5.41, 5.74) is -0.264. The summed E-state index contributed by atoms with van der Waals surface area (Å²) in [7, 11) is 0. The average molecular weight is 217 g/mol. The van der Waals surface area contributed by atoms with Gasteiger partial charge in [-0.15, -0.1) is 0 Å². The van der Waals surface area contributed by atoms with Crippen LogP contribution in [0.5, 0.6) is 0 Å². The predicted octanol–water partition coefficient (Wildman–Crippen LogP) is 3.52. The quantitative estimate of drug-likeness (QED) is 0.662. The van der Waals surface area contributed by atoms with Crippen LogP contribution in [-0.2, 0) is 0 Å². The Balaban J connectivity index is 0.000000181. The van der Waals surface area contributed by atoms with Crippen LogP contribution in [0.3, 0.4) is 0 Å². The molecule has 0 heterocycles. The lowest BCUT2D eigenvalue weighted by atomic mass is 10.2. The normalized spacial score (nSPS) is 8.56. The molecule has 0 saturated carbocycles. The molecule has 0 aliphatic heterocycles. The van der Waals surface area contributed by atoms with E-state index < -0.39 is 11.6 Å². The first-order chi connectivity index (χ1) is 7.75. The first kappa shape index (κ1) is 11.9. The summed E-state index contributed by atoms with van der Waals surface area (Å²) in [5, 5.41) is 8.19. The monoisotopic (exact) mass is 217 g/mol. The Morgan fingerprint density at radius 2 is 1.31 bits per heavy atom. The zero-order valence-corrected chi connectivity index (χ0v) is 8.40. The van der Waals surface area contributed by atoms with E-state index in [0.717, 1.165) is 6.07 Å². The number of rotatable bonds is 0. The molecule has 1 nitrogen and oxygen atoms in total. The lowest BCUT2D eigenvalue weighted by Gasteiger charge is -1.91. The molecule has 0 atom stereocenters. The molecule has 0 saturated heterocycles. The Labute approximate surface area is 92.6 Å². The van der Waals surface area contributed by atoms with Crippen molar-refractivity contribution < 1.29 is 8.78 Å². The molecule has 0 bridgehead atoms. The van der Waals surface area contributed by atoms with Gasteiger partial charge in [0.15, 0.2) is 11.6 Å². The maximum Gasteiger partial charge on any atom is 0.176 e. The van der Waals surface area contributed by atoms with Gasteiger partial charge in [-0.05, 0) is 12.1 Å². The van der Waals surface area contributed by atoms with E-state index in [1.54, 1.807) is 0 Å². The van der Waals surface area contributed by atoms with Gasteiger partial charge in [0.25, 0.3) is 0 Å². The summed E-state index contributed by atoms with van der Waals surface area (Å²) in [6.07, 6.45) is 0. The van der Waals surface area contributed by atoms with Gasteiger partial charge in [-0.1, -0.05) is 42.5 Å². The maximum atomic E-state index is 12.4. The molecule has 0 radical (unpaired) electrons. The summed E-state index contributed by atoms with van der Waals surface area (Å²) in [6.45, 7) is 0. The second-order valence-electron chi connectivity index (χ2n) is 2.87. The fourth-order valence-corrected chi connectivity index (χ4v) is 0.975. The standard InChI is InChI=1S/C7H3F2N.C6H6/c8-6-3-1-2-5(4-10)7(6)9;1-2-4-6-5-3-1/h1-3H;1-6H. The van der Waals surface area contributed by atoms with E-state index in [1.165, 1.54) is 18.2 Å². The van der Waals surface area contributed by atoms with Gasteiger partial charge in [0.1, 0.15) is 6.07 Å². The van der Waals surface area contributed by atoms with Gasteiger partial charge in [0.05, 0.1) is 5.56 Å². The number of hydrogen-bond acceptors (Lipinski definition) is 1. The number of nitriles is 1. The number of nitrogens with zero attached hydrogens (tertiary/aromatic N) is 1. The van der Waals surface area contributed by atoms with Crippen LogP contribution < -0.4 is 0 Å².